The lowest BCUT2D eigenvalue weighted by Gasteiger charge is -2.38. The van der Waals surface area contributed by atoms with Gasteiger partial charge in [0, 0.05) is 12.0 Å². The summed E-state index contributed by atoms with van der Waals surface area (Å²) >= 11 is 0. The molecule has 2 amide bonds. The molecule has 0 aliphatic carbocycles. The first-order valence-electron chi connectivity index (χ1n) is 7.41. The van der Waals surface area contributed by atoms with Crippen LogP contribution < -0.4 is 15.4 Å². The topological polar surface area (TPSA) is 70.6 Å². The van der Waals surface area contributed by atoms with E-state index in [0.717, 1.165) is 11.3 Å². The summed E-state index contributed by atoms with van der Waals surface area (Å²) in [7, 11) is 0. The molecule has 5 heteroatoms. The van der Waals surface area contributed by atoms with E-state index in [1.807, 2.05) is 45.0 Å². The lowest BCUT2D eigenvalue weighted by molar-refractivity contribution is 0.0677. The molecule has 0 aromatic heterocycles. The van der Waals surface area contributed by atoms with Crippen molar-refractivity contribution in [3.63, 3.8) is 0 Å². The second-order valence-corrected chi connectivity index (χ2v) is 6.06. The number of carbonyl (C=O) groups is 1. The maximum absolute atomic E-state index is 12.1. The summed E-state index contributed by atoms with van der Waals surface area (Å²) in [6.45, 7) is 5.89. The Balaban J connectivity index is 2.10. The molecule has 2 unspecified atom stereocenters. The largest absolute Gasteiger partial charge is 0.487 e. The van der Waals surface area contributed by atoms with Crippen LogP contribution in [0, 0.1) is 0 Å². The van der Waals surface area contributed by atoms with E-state index >= 15 is 0 Å². The van der Waals surface area contributed by atoms with Crippen molar-refractivity contribution in [3.8, 4) is 5.75 Å². The second-order valence-electron chi connectivity index (χ2n) is 6.06. The number of benzene rings is 1. The highest BCUT2D eigenvalue weighted by Crippen LogP contribution is 2.39. The smallest absolute Gasteiger partial charge is 0.315 e. The van der Waals surface area contributed by atoms with Crippen molar-refractivity contribution in [2.45, 2.75) is 51.3 Å². The summed E-state index contributed by atoms with van der Waals surface area (Å²) in [5.41, 5.74) is 0.664. The third kappa shape index (κ3) is 3.88. The van der Waals surface area contributed by atoms with E-state index in [2.05, 4.69) is 10.6 Å². The van der Waals surface area contributed by atoms with Crippen molar-refractivity contribution in [2.24, 2.45) is 0 Å². The third-order valence-electron chi connectivity index (χ3n) is 3.73. The molecular weight excluding hydrogens is 268 g/mol. The fourth-order valence-electron chi connectivity index (χ4n) is 2.59. The van der Waals surface area contributed by atoms with E-state index in [0.29, 0.717) is 12.8 Å². The Morgan fingerprint density at radius 2 is 2.19 bits per heavy atom. The van der Waals surface area contributed by atoms with Crippen LogP contribution in [0.5, 0.6) is 5.75 Å². The molecule has 0 saturated carbocycles. The molecule has 1 heterocycles. The molecule has 1 aliphatic rings. The number of ether oxygens (including phenoxy) is 1. The molecule has 0 spiro atoms. The van der Waals surface area contributed by atoms with Gasteiger partial charge in [0.05, 0.1) is 18.7 Å². The lowest BCUT2D eigenvalue weighted by Crippen LogP contribution is -2.47. The number of carbonyl (C=O) groups excluding carboxylic acids is 1. The number of rotatable bonds is 4. The summed E-state index contributed by atoms with van der Waals surface area (Å²) < 4.78 is 5.94. The van der Waals surface area contributed by atoms with Crippen molar-refractivity contribution in [1.29, 1.82) is 0 Å². The molecule has 21 heavy (non-hydrogen) atoms. The van der Waals surface area contributed by atoms with Gasteiger partial charge in [0.15, 0.2) is 0 Å². The highest BCUT2D eigenvalue weighted by Gasteiger charge is 2.34. The van der Waals surface area contributed by atoms with Gasteiger partial charge >= 0.3 is 6.03 Å². The number of urea groups is 1. The van der Waals surface area contributed by atoms with E-state index in [1.54, 1.807) is 0 Å². The Hall–Kier alpha value is -1.75. The van der Waals surface area contributed by atoms with E-state index in [9.17, 15) is 4.79 Å². The molecule has 1 aromatic carbocycles. The summed E-state index contributed by atoms with van der Waals surface area (Å²) in [4.78, 5) is 12.1. The summed E-state index contributed by atoms with van der Waals surface area (Å²) in [5.74, 6) is 0.813. The van der Waals surface area contributed by atoms with Crippen LogP contribution in [0.4, 0.5) is 4.79 Å². The molecule has 116 valence electrons. The number of aliphatic hydroxyl groups excluding tert-OH is 1. The van der Waals surface area contributed by atoms with Gasteiger partial charge in [-0.15, -0.1) is 0 Å². The Morgan fingerprint density at radius 3 is 2.86 bits per heavy atom. The summed E-state index contributed by atoms with van der Waals surface area (Å²) in [6, 6.07) is 7.19. The third-order valence-corrected chi connectivity index (χ3v) is 3.73. The van der Waals surface area contributed by atoms with Gasteiger partial charge < -0.3 is 20.5 Å². The van der Waals surface area contributed by atoms with Crippen LogP contribution >= 0.6 is 0 Å². The normalized spacial score (nSPS) is 20.9. The van der Waals surface area contributed by atoms with E-state index in [-0.39, 0.29) is 30.3 Å². The Morgan fingerprint density at radius 1 is 1.48 bits per heavy atom. The van der Waals surface area contributed by atoms with Crippen molar-refractivity contribution in [2.75, 3.05) is 6.61 Å². The first kappa shape index (κ1) is 15.6. The van der Waals surface area contributed by atoms with E-state index in [1.165, 1.54) is 0 Å². The van der Waals surface area contributed by atoms with Crippen LogP contribution in [0.3, 0.4) is 0 Å². The van der Waals surface area contributed by atoms with Gasteiger partial charge in [0.1, 0.15) is 11.4 Å². The minimum Gasteiger partial charge on any atom is -0.487 e. The van der Waals surface area contributed by atoms with Crippen LogP contribution in [-0.2, 0) is 0 Å². The van der Waals surface area contributed by atoms with Gasteiger partial charge in [-0.2, -0.15) is 0 Å². The average Bonchev–Trinajstić information content (AvgIpc) is 2.43. The fourth-order valence-corrected chi connectivity index (χ4v) is 2.59. The molecule has 0 fully saturated rings. The van der Waals surface area contributed by atoms with Gasteiger partial charge in [-0.25, -0.2) is 4.79 Å². The van der Waals surface area contributed by atoms with E-state index < -0.39 is 0 Å². The highest BCUT2D eigenvalue weighted by atomic mass is 16.5. The van der Waals surface area contributed by atoms with Crippen LogP contribution in [0.15, 0.2) is 24.3 Å². The van der Waals surface area contributed by atoms with E-state index in [4.69, 9.17) is 9.84 Å². The molecule has 3 N–H and O–H groups in total. The Bertz CT molecular complexity index is 498. The zero-order chi connectivity index (χ0) is 15.5. The zero-order valence-corrected chi connectivity index (χ0v) is 12.8. The molecule has 2 atom stereocenters. The van der Waals surface area contributed by atoms with Crippen LogP contribution in [0.2, 0.25) is 0 Å². The van der Waals surface area contributed by atoms with Crippen molar-refractivity contribution < 1.29 is 14.6 Å². The average molecular weight is 292 g/mol. The Kier molecular flexibility index (Phi) is 4.73. The standard InChI is InChI=1S/C16H24N2O3/c1-4-11(10-19)17-15(20)18-13-9-16(2,3)21-14-8-6-5-7-12(13)14/h5-8,11,13,19H,4,9-10H2,1-3H3,(H2,17,18,20). The number of amides is 2. The number of para-hydroxylation sites is 1. The van der Waals surface area contributed by atoms with Crippen LogP contribution in [0.1, 0.15) is 45.2 Å². The maximum Gasteiger partial charge on any atom is 0.315 e. The van der Waals surface area contributed by atoms with Gasteiger partial charge in [-0.05, 0) is 26.3 Å². The first-order valence-corrected chi connectivity index (χ1v) is 7.41. The highest BCUT2D eigenvalue weighted by molar-refractivity contribution is 5.75. The molecular formula is C16H24N2O3. The maximum atomic E-state index is 12.1. The molecule has 2 rings (SSSR count). The number of fused-ring (bicyclic) bond motifs is 1. The monoisotopic (exact) mass is 292 g/mol. The minimum atomic E-state index is -0.326. The molecule has 0 bridgehead atoms. The van der Waals surface area contributed by atoms with Crippen molar-refractivity contribution in [1.82, 2.24) is 10.6 Å². The Labute approximate surface area is 125 Å². The molecule has 0 radical (unpaired) electrons. The molecule has 1 aliphatic heterocycles. The van der Waals surface area contributed by atoms with Gasteiger partial charge in [0.25, 0.3) is 0 Å². The van der Waals surface area contributed by atoms with Crippen molar-refractivity contribution >= 4 is 6.03 Å². The van der Waals surface area contributed by atoms with Gasteiger partial charge in [-0.3, -0.25) is 0 Å². The SMILES string of the molecule is CCC(CO)NC(=O)NC1CC(C)(C)Oc2ccccc21. The molecule has 0 saturated heterocycles. The predicted molar refractivity (Wildman–Crippen MR) is 81.3 cm³/mol. The fraction of sp³-hybridized carbons (Fsp3) is 0.562. The number of aliphatic hydroxyl groups is 1. The summed E-state index contributed by atoms with van der Waals surface area (Å²) in [5, 5.41) is 14.9. The zero-order valence-electron chi connectivity index (χ0n) is 12.8. The summed E-state index contributed by atoms with van der Waals surface area (Å²) in [6.07, 6.45) is 1.40. The predicted octanol–water partition coefficient (Wildman–Crippen LogP) is 2.36. The second kappa shape index (κ2) is 6.35. The van der Waals surface area contributed by atoms with Crippen molar-refractivity contribution in [3.05, 3.63) is 29.8 Å². The lowest BCUT2D eigenvalue weighted by atomic mass is 9.90. The van der Waals surface area contributed by atoms with Crippen LogP contribution in [-0.4, -0.2) is 29.4 Å². The molecule has 5 nitrogen and oxygen atoms in total. The first-order chi connectivity index (χ1) is 9.95. The number of hydrogen-bond acceptors (Lipinski definition) is 3. The number of hydrogen-bond donors (Lipinski definition) is 3. The van der Waals surface area contributed by atoms with Gasteiger partial charge in [-0.1, -0.05) is 25.1 Å². The molecule has 1 aromatic rings. The quantitative estimate of drug-likeness (QED) is 0.798. The minimum absolute atomic E-state index is 0.0558. The van der Waals surface area contributed by atoms with Gasteiger partial charge in [0.2, 0.25) is 0 Å². The number of nitrogens with one attached hydrogen (secondary N) is 2. The van der Waals surface area contributed by atoms with Crippen LogP contribution in [0.25, 0.3) is 0 Å².